The molecule has 0 saturated carbocycles. The fraction of sp³-hybridized carbons (Fsp3) is 0.333. The first kappa shape index (κ1) is 11.1. The molecule has 0 aliphatic rings. The lowest BCUT2D eigenvalue weighted by molar-refractivity contribution is 0.626. The van der Waals surface area contributed by atoms with E-state index >= 15 is 0 Å². The summed E-state index contributed by atoms with van der Waals surface area (Å²) in [5.74, 6) is -0.277. The Bertz CT molecular complexity index is 258. The zero-order valence-corrected chi connectivity index (χ0v) is 8.95. The molecule has 1 rings (SSSR count). The van der Waals surface area contributed by atoms with Crippen LogP contribution in [0.5, 0.6) is 0 Å². The second kappa shape index (κ2) is 5.04. The molecule has 0 aliphatic heterocycles. The highest BCUT2D eigenvalue weighted by molar-refractivity contribution is 6.44. The second-order valence-electron chi connectivity index (χ2n) is 2.65. The maximum absolute atomic E-state index is 12.5. The molecule has 0 radical (unpaired) electrons. The van der Waals surface area contributed by atoms with E-state index in [1.54, 1.807) is 12.1 Å². The van der Waals surface area contributed by atoms with Gasteiger partial charge >= 0.3 is 0 Å². The minimum atomic E-state index is -0.493. The predicted octanol–water partition coefficient (Wildman–Crippen LogP) is 4.30. The summed E-state index contributed by atoms with van der Waals surface area (Å²) in [7, 11) is 0. The summed E-state index contributed by atoms with van der Waals surface area (Å²) in [4.78, 5) is -0.493. The van der Waals surface area contributed by atoms with Crippen molar-refractivity contribution in [3.8, 4) is 0 Å². The van der Waals surface area contributed by atoms with Gasteiger partial charge in [-0.25, -0.2) is 4.39 Å². The van der Waals surface area contributed by atoms with E-state index in [0.29, 0.717) is 6.42 Å². The molecule has 1 aromatic carbocycles. The topological polar surface area (TPSA) is 0 Å². The smallest absolute Gasteiger partial charge is 0.123 e. The summed E-state index contributed by atoms with van der Waals surface area (Å²) in [6.45, 7) is 0. The third-order valence-corrected chi connectivity index (χ3v) is 2.40. The number of hydrogen-bond acceptors (Lipinski definition) is 0. The molecule has 1 unspecified atom stereocenters. The summed E-state index contributed by atoms with van der Waals surface area (Å²) in [5, 5.41) is -0.263. The Hall–Kier alpha value is 0.0200. The van der Waals surface area contributed by atoms with Crippen LogP contribution in [0, 0.1) is 5.82 Å². The van der Waals surface area contributed by atoms with Crippen molar-refractivity contribution in [3.63, 3.8) is 0 Å². The van der Waals surface area contributed by atoms with Crippen molar-refractivity contribution >= 4 is 34.8 Å². The average Bonchev–Trinajstić information content (AvgIpc) is 2.04. The van der Waals surface area contributed by atoms with Crippen LogP contribution in [0.1, 0.15) is 17.4 Å². The molecule has 0 nitrogen and oxygen atoms in total. The monoisotopic (exact) mass is 240 g/mol. The van der Waals surface area contributed by atoms with E-state index in [9.17, 15) is 4.39 Å². The molecule has 0 bridgehead atoms. The average molecular weight is 242 g/mol. The van der Waals surface area contributed by atoms with Crippen LogP contribution in [0.15, 0.2) is 24.3 Å². The van der Waals surface area contributed by atoms with Crippen molar-refractivity contribution in [3.05, 3.63) is 35.6 Å². The van der Waals surface area contributed by atoms with Gasteiger partial charge in [-0.2, -0.15) is 0 Å². The molecule has 0 saturated heterocycles. The Kier molecular flexibility index (Phi) is 4.30. The molecule has 0 heterocycles. The Morgan fingerprint density at radius 2 is 1.62 bits per heavy atom. The first-order valence-electron chi connectivity index (χ1n) is 3.77. The summed E-state index contributed by atoms with van der Waals surface area (Å²) >= 11 is 17.1. The molecular formula is C9H8Cl3F. The summed E-state index contributed by atoms with van der Waals surface area (Å²) < 4.78 is 12.5. The van der Waals surface area contributed by atoms with Crippen LogP contribution in [-0.2, 0) is 0 Å². The van der Waals surface area contributed by atoms with Crippen LogP contribution in [-0.4, -0.2) is 4.84 Å². The van der Waals surface area contributed by atoms with E-state index in [4.69, 9.17) is 34.8 Å². The van der Waals surface area contributed by atoms with Gasteiger partial charge < -0.3 is 0 Å². The molecule has 0 amide bonds. The highest BCUT2D eigenvalue weighted by Crippen LogP contribution is 2.28. The van der Waals surface area contributed by atoms with Gasteiger partial charge in [0.2, 0.25) is 0 Å². The van der Waals surface area contributed by atoms with E-state index in [1.165, 1.54) is 12.1 Å². The van der Waals surface area contributed by atoms with Crippen molar-refractivity contribution in [1.29, 1.82) is 0 Å². The quantitative estimate of drug-likeness (QED) is 0.692. The Labute approximate surface area is 91.6 Å². The molecule has 0 aliphatic carbocycles. The molecular weight excluding hydrogens is 233 g/mol. The van der Waals surface area contributed by atoms with Gasteiger partial charge in [0.05, 0.1) is 5.38 Å². The number of benzene rings is 1. The SMILES string of the molecule is Fc1ccc(C(Cl)CC(Cl)Cl)cc1. The van der Waals surface area contributed by atoms with Gasteiger partial charge in [-0.3, -0.25) is 0 Å². The van der Waals surface area contributed by atoms with Gasteiger partial charge in [-0.15, -0.1) is 34.8 Å². The molecule has 1 aromatic rings. The summed E-state index contributed by atoms with van der Waals surface area (Å²) in [5.41, 5.74) is 0.828. The van der Waals surface area contributed by atoms with Crippen LogP contribution < -0.4 is 0 Å². The molecule has 0 fully saturated rings. The van der Waals surface area contributed by atoms with Crippen molar-refractivity contribution in [2.24, 2.45) is 0 Å². The highest BCUT2D eigenvalue weighted by Gasteiger charge is 2.11. The lowest BCUT2D eigenvalue weighted by Gasteiger charge is -2.09. The van der Waals surface area contributed by atoms with Gasteiger partial charge in [-0.1, -0.05) is 12.1 Å². The summed E-state index contributed by atoms with van der Waals surface area (Å²) in [6.07, 6.45) is 0.455. The molecule has 0 N–H and O–H groups in total. The maximum atomic E-state index is 12.5. The van der Waals surface area contributed by atoms with Crippen molar-refractivity contribution in [2.75, 3.05) is 0 Å². The number of halogens is 4. The van der Waals surface area contributed by atoms with Gasteiger partial charge in [0.25, 0.3) is 0 Å². The molecule has 72 valence electrons. The fourth-order valence-electron chi connectivity index (χ4n) is 0.964. The van der Waals surface area contributed by atoms with Crippen LogP contribution in [0.25, 0.3) is 0 Å². The first-order chi connectivity index (χ1) is 6.09. The van der Waals surface area contributed by atoms with E-state index < -0.39 is 4.84 Å². The van der Waals surface area contributed by atoms with E-state index in [2.05, 4.69) is 0 Å². The number of alkyl halides is 3. The van der Waals surface area contributed by atoms with Crippen molar-refractivity contribution in [1.82, 2.24) is 0 Å². The minimum absolute atomic E-state index is 0.263. The third kappa shape index (κ3) is 3.72. The molecule has 4 heteroatoms. The molecule has 1 atom stereocenters. The Balaban J connectivity index is 2.66. The Morgan fingerprint density at radius 1 is 1.08 bits per heavy atom. The normalized spacial score (nSPS) is 13.3. The van der Waals surface area contributed by atoms with Gasteiger partial charge in [0, 0.05) is 0 Å². The molecule has 13 heavy (non-hydrogen) atoms. The van der Waals surface area contributed by atoms with Gasteiger partial charge in [0.15, 0.2) is 0 Å². The Morgan fingerprint density at radius 3 is 2.08 bits per heavy atom. The van der Waals surface area contributed by atoms with Crippen LogP contribution in [0.3, 0.4) is 0 Å². The third-order valence-electron chi connectivity index (χ3n) is 1.62. The van der Waals surface area contributed by atoms with Gasteiger partial charge in [0.1, 0.15) is 10.7 Å². The van der Waals surface area contributed by atoms with Gasteiger partial charge in [-0.05, 0) is 24.1 Å². The number of rotatable bonds is 3. The number of hydrogen-bond donors (Lipinski definition) is 0. The standard InChI is InChI=1S/C9H8Cl3F/c10-8(5-9(11)12)6-1-3-7(13)4-2-6/h1-4,8-9H,5H2. The molecule has 0 aromatic heterocycles. The van der Waals surface area contributed by atoms with E-state index in [1.807, 2.05) is 0 Å². The fourth-order valence-corrected chi connectivity index (χ4v) is 1.83. The zero-order chi connectivity index (χ0) is 9.84. The van der Waals surface area contributed by atoms with Crippen molar-refractivity contribution in [2.45, 2.75) is 16.6 Å². The first-order valence-corrected chi connectivity index (χ1v) is 5.08. The predicted molar refractivity (Wildman–Crippen MR) is 55.1 cm³/mol. The zero-order valence-electron chi connectivity index (χ0n) is 6.68. The maximum Gasteiger partial charge on any atom is 0.123 e. The lowest BCUT2D eigenvalue weighted by atomic mass is 10.1. The van der Waals surface area contributed by atoms with Crippen LogP contribution >= 0.6 is 34.8 Å². The second-order valence-corrected chi connectivity index (χ2v) is 4.45. The largest absolute Gasteiger partial charge is 0.207 e. The summed E-state index contributed by atoms with van der Waals surface area (Å²) in [6, 6.07) is 5.98. The van der Waals surface area contributed by atoms with E-state index in [0.717, 1.165) is 5.56 Å². The van der Waals surface area contributed by atoms with Crippen molar-refractivity contribution < 1.29 is 4.39 Å². The van der Waals surface area contributed by atoms with E-state index in [-0.39, 0.29) is 11.2 Å². The molecule has 0 spiro atoms. The van der Waals surface area contributed by atoms with Crippen LogP contribution in [0.2, 0.25) is 0 Å². The lowest BCUT2D eigenvalue weighted by Crippen LogP contribution is -1.96. The minimum Gasteiger partial charge on any atom is -0.207 e. The highest BCUT2D eigenvalue weighted by atomic mass is 35.5. The van der Waals surface area contributed by atoms with Crippen LogP contribution in [0.4, 0.5) is 4.39 Å².